The van der Waals surface area contributed by atoms with Crippen LogP contribution >= 0.6 is 11.8 Å². The van der Waals surface area contributed by atoms with Crippen molar-refractivity contribution in [3.8, 4) is 23.0 Å². The molecule has 1 aliphatic heterocycles. The summed E-state index contributed by atoms with van der Waals surface area (Å²) in [5.41, 5.74) is 1.85. The Morgan fingerprint density at radius 3 is 2.43 bits per heavy atom. The Morgan fingerprint density at radius 2 is 1.77 bits per heavy atom. The van der Waals surface area contributed by atoms with E-state index in [9.17, 15) is 9.90 Å². The molecule has 30 heavy (non-hydrogen) atoms. The lowest BCUT2D eigenvalue weighted by Gasteiger charge is -2.36. The Hall–Kier alpha value is -3.20. The molecule has 8 nitrogen and oxygen atoms in total. The van der Waals surface area contributed by atoms with E-state index in [2.05, 4.69) is 15.1 Å². The molecule has 0 saturated carbocycles. The number of thioether (sulfide) groups is 1. The fourth-order valence-corrected chi connectivity index (χ4v) is 3.88. The molecule has 0 aliphatic carbocycles. The van der Waals surface area contributed by atoms with Crippen molar-refractivity contribution in [1.29, 1.82) is 0 Å². The number of carbonyl (C=O) groups is 1. The molecule has 1 aliphatic rings. The van der Waals surface area contributed by atoms with Crippen LogP contribution in [0.3, 0.4) is 0 Å². The van der Waals surface area contributed by atoms with Gasteiger partial charge in [-0.15, -0.1) is 10.2 Å². The Kier molecular flexibility index (Phi) is 6.08. The lowest BCUT2D eigenvalue weighted by atomic mass is 10.2. The van der Waals surface area contributed by atoms with Gasteiger partial charge in [-0.1, -0.05) is 11.8 Å². The zero-order valence-corrected chi connectivity index (χ0v) is 17.3. The summed E-state index contributed by atoms with van der Waals surface area (Å²) < 4.78 is 10.8. The number of methoxy groups -OCH3 is 1. The van der Waals surface area contributed by atoms with Crippen molar-refractivity contribution in [2.75, 3.05) is 43.9 Å². The van der Waals surface area contributed by atoms with Gasteiger partial charge in [0.1, 0.15) is 11.5 Å². The van der Waals surface area contributed by atoms with Crippen molar-refractivity contribution in [3.63, 3.8) is 0 Å². The van der Waals surface area contributed by atoms with Crippen LogP contribution in [0.15, 0.2) is 58.2 Å². The van der Waals surface area contributed by atoms with Crippen molar-refractivity contribution in [1.82, 2.24) is 15.1 Å². The second kappa shape index (κ2) is 9.08. The van der Waals surface area contributed by atoms with Gasteiger partial charge >= 0.3 is 0 Å². The molecule has 0 atom stereocenters. The number of nitrogens with zero attached hydrogens (tertiary/aromatic N) is 4. The van der Waals surface area contributed by atoms with E-state index in [4.69, 9.17) is 9.15 Å². The maximum Gasteiger partial charge on any atom is 0.277 e. The second-order valence-corrected chi connectivity index (χ2v) is 7.70. The van der Waals surface area contributed by atoms with Crippen LogP contribution in [-0.2, 0) is 4.79 Å². The number of aromatic hydroxyl groups is 1. The molecule has 0 bridgehead atoms. The number of aromatic nitrogens is 2. The Labute approximate surface area is 178 Å². The molecular weight excluding hydrogens is 404 g/mol. The van der Waals surface area contributed by atoms with Crippen molar-refractivity contribution in [3.05, 3.63) is 48.5 Å². The predicted octanol–water partition coefficient (Wildman–Crippen LogP) is 2.89. The van der Waals surface area contributed by atoms with Crippen molar-refractivity contribution < 1.29 is 19.1 Å². The van der Waals surface area contributed by atoms with Gasteiger partial charge in [-0.05, 0) is 48.5 Å². The summed E-state index contributed by atoms with van der Waals surface area (Å²) in [6, 6.07) is 14.5. The Morgan fingerprint density at radius 1 is 1.07 bits per heavy atom. The third-order valence-corrected chi connectivity index (χ3v) is 5.71. The molecule has 156 valence electrons. The minimum atomic E-state index is 0.0544. The van der Waals surface area contributed by atoms with E-state index >= 15 is 0 Å². The highest BCUT2D eigenvalue weighted by Gasteiger charge is 2.22. The van der Waals surface area contributed by atoms with Gasteiger partial charge in [-0.3, -0.25) is 4.79 Å². The third kappa shape index (κ3) is 4.68. The minimum absolute atomic E-state index is 0.0544. The molecule has 1 aromatic heterocycles. The average molecular weight is 426 g/mol. The average Bonchev–Trinajstić information content (AvgIpc) is 3.27. The van der Waals surface area contributed by atoms with Gasteiger partial charge in [0.15, 0.2) is 0 Å². The maximum absolute atomic E-state index is 12.6. The molecule has 9 heteroatoms. The van der Waals surface area contributed by atoms with Crippen LogP contribution in [0.25, 0.3) is 11.5 Å². The molecule has 2 heterocycles. The molecule has 0 radical (unpaired) electrons. The fraction of sp³-hybridized carbons (Fsp3) is 0.286. The van der Waals surface area contributed by atoms with Crippen molar-refractivity contribution in [2.24, 2.45) is 0 Å². The summed E-state index contributed by atoms with van der Waals surface area (Å²) in [6.07, 6.45) is 0. The van der Waals surface area contributed by atoms with Crippen LogP contribution in [0, 0.1) is 0 Å². The largest absolute Gasteiger partial charge is 0.508 e. The number of hydrogen-bond donors (Lipinski definition) is 1. The summed E-state index contributed by atoms with van der Waals surface area (Å²) in [7, 11) is 1.65. The molecular formula is C21H22N4O4S. The van der Waals surface area contributed by atoms with Crippen LogP contribution in [0.4, 0.5) is 5.69 Å². The third-order valence-electron chi connectivity index (χ3n) is 4.91. The molecule has 3 aromatic rings. The van der Waals surface area contributed by atoms with Crippen LogP contribution < -0.4 is 9.64 Å². The first kappa shape index (κ1) is 20.1. The summed E-state index contributed by atoms with van der Waals surface area (Å²) in [6.45, 7) is 2.92. The highest BCUT2D eigenvalue weighted by Crippen LogP contribution is 2.25. The van der Waals surface area contributed by atoms with Gasteiger partial charge in [0.2, 0.25) is 11.8 Å². The van der Waals surface area contributed by atoms with E-state index in [-0.39, 0.29) is 17.4 Å². The summed E-state index contributed by atoms with van der Waals surface area (Å²) in [4.78, 5) is 16.7. The van der Waals surface area contributed by atoms with Crippen molar-refractivity contribution >= 4 is 23.4 Å². The van der Waals surface area contributed by atoms with E-state index in [0.29, 0.717) is 29.8 Å². The molecule has 1 fully saturated rings. The van der Waals surface area contributed by atoms with E-state index in [1.807, 2.05) is 29.2 Å². The van der Waals surface area contributed by atoms with Gasteiger partial charge in [-0.2, -0.15) is 0 Å². The SMILES string of the molecule is COc1ccc(N2CCN(C(=O)CSc3nnc(-c4ccc(O)cc4)o3)CC2)cc1. The Balaban J connectivity index is 1.26. The van der Waals surface area contributed by atoms with E-state index in [1.165, 1.54) is 11.8 Å². The van der Waals surface area contributed by atoms with Gasteiger partial charge in [0.25, 0.3) is 5.22 Å². The number of carbonyl (C=O) groups excluding carboxylic acids is 1. The summed E-state index contributed by atoms with van der Waals surface area (Å²) in [5.74, 6) is 1.67. The molecule has 1 N–H and O–H groups in total. The molecule has 2 aromatic carbocycles. The number of anilines is 1. The van der Waals surface area contributed by atoms with Crippen molar-refractivity contribution in [2.45, 2.75) is 5.22 Å². The monoisotopic (exact) mass is 426 g/mol. The summed E-state index contributed by atoms with van der Waals surface area (Å²) >= 11 is 1.23. The second-order valence-electron chi connectivity index (χ2n) is 6.77. The quantitative estimate of drug-likeness (QED) is 0.602. The first-order chi connectivity index (χ1) is 14.6. The summed E-state index contributed by atoms with van der Waals surface area (Å²) in [5, 5.41) is 17.7. The lowest BCUT2D eigenvalue weighted by molar-refractivity contribution is -0.128. The molecule has 1 amide bonds. The normalized spacial score (nSPS) is 14.0. The molecule has 1 saturated heterocycles. The molecule has 4 rings (SSSR count). The zero-order valence-electron chi connectivity index (χ0n) is 16.5. The number of rotatable bonds is 6. The molecule has 0 unspecified atom stereocenters. The van der Waals surface area contributed by atoms with Crippen LogP contribution in [0.2, 0.25) is 0 Å². The lowest BCUT2D eigenvalue weighted by Crippen LogP contribution is -2.49. The van der Waals surface area contributed by atoms with Gasteiger partial charge in [0.05, 0.1) is 12.9 Å². The standard InChI is InChI=1S/C21H22N4O4S/c1-28-18-8-4-16(5-9-18)24-10-12-25(13-11-24)19(27)14-30-21-23-22-20(29-21)15-2-6-17(26)7-3-15/h2-9,26H,10-14H2,1H3. The van der Waals surface area contributed by atoms with Crippen LogP contribution in [0.1, 0.15) is 0 Å². The highest BCUT2D eigenvalue weighted by molar-refractivity contribution is 7.99. The number of hydrogen-bond acceptors (Lipinski definition) is 8. The van der Waals surface area contributed by atoms with Crippen LogP contribution in [-0.4, -0.2) is 65.2 Å². The number of phenols is 1. The zero-order chi connectivity index (χ0) is 20.9. The maximum atomic E-state index is 12.6. The fourth-order valence-electron chi connectivity index (χ4n) is 3.21. The number of amides is 1. The predicted molar refractivity (Wildman–Crippen MR) is 114 cm³/mol. The number of benzene rings is 2. The van der Waals surface area contributed by atoms with E-state index < -0.39 is 0 Å². The highest BCUT2D eigenvalue weighted by atomic mass is 32.2. The van der Waals surface area contributed by atoms with E-state index in [0.717, 1.165) is 24.5 Å². The number of piperazine rings is 1. The number of ether oxygens (including phenoxy) is 1. The smallest absolute Gasteiger partial charge is 0.277 e. The first-order valence-corrected chi connectivity index (χ1v) is 10.5. The topological polar surface area (TPSA) is 91.9 Å². The Bertz CT molecular complexity index is 983. The van der Waals surface area contributed by atoms with Gasteiger partial charge in [0, 0.05) is 37.4 Å². The van der Waals surface area contributed by atoms with Gasteiger partial charge < -0.3 is 24.1 Å². The first-order valence-electron chi connectivity index (χ1n) is 9.55. The van der Waals surface area contributed by atoms with E-state index in [1.54, 1.807) is 31.4 Å². The minimum Gasteiger partial charge on any atom is -0.508 e. The number of phenolic OH excluding ortho intramolecular Hbond substituents is 1. The molecule has 0 spiro atoms. The van der Waals surface area contributed by atoms with Crippen LogP contribution in [0.5, 0.6) is 11.5 Å². The van der Waals surface area contributed by atoms with Gasteiger partial charge in [-0.25, -0.2) is 0 Å².